The lowest BCUT2D eigenvalue weighted by molar-refractivity contribution is -0.150. The summed E-state index contributed by atoms with van der Waals surface area (Å²) in [6.07, 6.45) is 4.05. The van der Waals surface area contributed by atoms with Gasteiger partial charge in [0, 0.05) is 0 Å². The molecule has 0 aromatic heterocycles. The predicted molar refractivity (Wildman–Crippen MR) is 40.3 cm³/mol. The van der Waals surface area contributed by atoms with Gasteiger partial charge in [-0.3, -0.25) is 4.79 Å². The highest BCUT2D eigenvalue weighted by molar-refractivity contribution is 5.80. The first-order valence-electron chi connectivity index (χ1n) is 4.21. The van der Waals surface area contributed by atoms with Crippen molar-refractivity contribution in [3.8, 4) is 0 Å². The number of hydrogen-bond acceptors (Lipinski definition) is 2. The molecule has 0 aromatic carbocycles. The summed E-state index contributed by atoms with van der Waals surface area (Å²) in [5, 5.41) is 12.0. The number of nitrogens with one attached hydrogen (secondary N) is 1. The fourth-order valence-electron chi connectivity index (χ4n) is 2.24. The molecule has 0 unspecified atom stereocenters. The minimum atomic E-state index is -0.657. The maximum atomic E-state index is 10.8. The lowest BCUT2D eigenvalue weighted by Gasteiger charge is -2.42. The molecular formula is C8H13NO2. The van der Waals surface area contributed by atoms with E-state index in [1.165, 1.54) is 6.42 Å². The van der Waals surface area contributed by atoms with Crippen molar-refractivity contribution in [2.24, 2.45) is 5.92 Å². The molecule has 2 N–H and O–H groups in total. The highest BCUT2D eigenvalue weighted by Gasteiger charge is 2.50. The van der Waals surface area contributed by atoms with Crippen molar-refractivity contribution in [3.63, 3.8) is 0 Å². The van der Waals surface area contributed by atoms with E-state index in [0.717, 1.165) is 25.8 Å². The Kier molecular flexibility index (Phi) is 1.42. The quantitative estimate of drug-likeness (QED) is 0.583. The van der Waals surface area contributed by atoms with Crippen LogP contribution in [0.1, 0.15) is 25.7 Å². The van der Waals surface area contributed by atoms with E-state index in [1.54, 1.807) is 0 Å². The smallest absolute Gasteiger partial charge is 0.323 e. The minimum absolute atomic E-state index is 0.527. The van der Waals surface area contributed by atoms with Crippen molar-refractivity contribution in [2.75, 3.05) is 6.54 Å². The number of fused-ring (bicyclic) bond motifs is 3. The molecule has 3 nitrogen and oxygen atoms in total. The Hall–Kier alpha value is -0.570. The van der Waals surface area contributed by atoms with Gasteiger partial charge in [-0.2, -0.15) is 0 Å². The van der Waals surface area contributed by atoms with E-state index in [-0.39, 0.29) is 0 Å². The summed E-state index contributed by atoms with van der Waals surface area (Å²) < 4.78 is 0. The Labute approximate surface area is 65.8 Å². The first-order valence-corrected chi connectivity index (χ1v) is 4.21. The number of hydrogen-bond donors (Lipinski definition) is 2. The van der Waals surface area contributed by atoms with E-state index >= 15 is 0 Å². The zero-order valence-electron chi connectivity index (χ0n) is 6.47. The Morgan fingerprint density at radius 1 is 1.55 bits per heavy atom. The zero-order valence-corrected chi connectivity index (χ0v) is 6.47. The molecule has 0 atom stereocenters. The molecule has 11 heavy (non-hydrogen) atoms. The van der Waals surface area contributed by atoms with Crippen LogP contribution in [-0.2, 0) is 4.79 Å². The fraction of sp³-hybridized carbons (Fsp3) is 0.875. The summed E-state index contributed by atoms with van der Waals surface area (Å²) in [6.45, 7) is 0.878. The van der Waals surface area contributed by atoms with Gasteiger partial charge < -0.3 is 10.4 Å². The van der Waals surface area contributed by atoms with Crippen LogP contribution in [0.2, 0.25) is 0 Å². The van der Waals surface area contributed by atoms with Gasteiger partial charge >= 0.3 is 5.97 Å². The highest BCUT2D eigenvalue weighted by atomic mass is 16.4. The third-order valence-electron chi connectivity index (χ3n) is 2.94. The normalized spacial score (nSPS) is 42.4. The number of carboxylic acid groups (broad SMARTS) is 1. The monoisotopic (exact) mass is 155 g/mol. The summed E-state index contributed by atoms with van der Waals surface area (Å²) in [7, 11) is 0. The molecule has 2 saturated heterocycles. The Morgan fingerprint density at radius 2 is 2.27 bits per heavy atom. The summed E-state index contributed by atoms with van der Waals surface area (Å²) in [4.78, 5) is 10.8. The van der Waals surface area contributed by atoms with Gasteiger partial charge in [-0.15, -0.1) is 0 Å². The van der Waals surface area contributed by atoms with Crippen LogP contribution in [0.3, 0.4) is 0 Å². The molecule has 0 radical (unpaired) electrons. The number of carbonyl (C=O) groups is 1. The lowest BCUT2D eigenvalue weighted by Crippen LogP contribution is -2.59. The van der Waals surface area contributed by atoms with Crippen molar-refractivity contribution < 1.29 is 9.90 Å². The number of rotatable bonds is 1. The van der Waals surface area contributed by atoms with Crippen LogP contribution < -0.4 is 5.32 Å². The van der Waals surface area contributed by atoms with Gasteiger partial charge in [-0.05, 0) is 38.1 Å². The van der Waals surface area contributed by atoms with Crippen LogP contribution in [0.15, 0.2) is 0 Å². The van der Waals surface area contributed by atoms with Crippen LogP contribution in [0, 0.1) is 5.92 Å². The van der Waals surface area contributed by atoms with Gasteiger partial charge in [0.1, 0.15) is 5.54 Å². The molecule has 0 spiro atoms. The fourth-order valence-corrected chi connectivity index (χ4v) is 2.24. The summed E-state index contributed by atoms with van der Waals surface area (Å²) in [5.74, 6) is 0.0248. The van der Waals surface area contributed by atoms with Gasteiger partial charge in [0.05, 0.1) is 0 Å². The third kappa shape index (κ3) is 0.948. The second-order valence-electron chi connectivity index (χ2n) is 3.73. The Bertz CT molecular complexity index is 179. The average Bonchev–Trinajstić information content (AvgIpc) is 2.14. The second kappa shape index (κ2) is 2.21. The molecule has 2 heterocycles. The molecule has 62 valence electrons. The van der Waals surface area contributed by atoms with Gasteiger partial charge in [-0.1, -0.05) is 0 Å². The molecule has 3 aliphatic rings. The SMILES string of the molecule is O=C(O)C12CC(CCCN1)C2. The van der Waals surface area contributed by atoms with Gasteiger partial charge in [-0.25, -0.2) is 0 Å². The van der Waals surface area contributed by atoms with Gasteiger partial charge in [0.25, 0.3) is 0 Å². The van der Waals surface area contributed by atoms with Crippen molar-refractivity contribution in [3.05, 3.63) is 0 Å². The zero-order chi connectivity index (χ0) is 7.90. The van der Waals surface area contributed by atoms with E-state index in [4.69, 9.17) is 5.11 Å². The van der Waals surface area contributed by atoms with E-state index < -0.39 is 11.5 Å². The van der Waals surface area contributed by atoms with Crippen molar-refractivity contribution in [1.29, 1.82) is 0 Å². The Balaban J connectivity index is 2.11. The standard InChI is InChI=1S/C8H13NO2/c10-7(11)8-4-6(5-8)2-1-3-9-8/h6,9H,1-5H2,(H,10,11). The molecule has 3 fully saturated rings. The van der Waals surface area contributed by atoms with Crippen LogP contribution >= 0.6 is 0 Å². The van der Waals surface area contributed by atoms with Gasteiger partial charge in [0.2, 0.25) is 0 Å². The van der Waals surface area contributed by atoms with Gasteiger partial charge in [0.15, 0.2) is 0 Å². The number of carboxylic acids is 1. The van der Waals surface area contributed by atoms with Crippen LogP contribution in [0.25, 0.3) is 0 Å². The molecule has 2 aliphatic heterocycles. The topological polar surface area (TPSA) is 49.3 Å². The summed E-state index contributed by atoms with van der Waals surface area (Å²) in [6, 6.07) is 0. The predicted octanol–water partition coefficient (Wildman–Crippen LogP) is 0.603. The first kappa shape index (κ1) is 7.10. The summed E-state index contributed by atoms with van der Waals surface area (Å²) in [5.41, 5.74) is -0.527. The van der Waals surface area contributed by atoms with E-state index in [9.17, 15) is 4.79 Å². The molecule has 0 aromatic rings. The second-order valence-corrected chi connectivity index (χ2v) is 3.73. The molecular weight excluding hydrogens is 142 g/mol. The molecule has 1 saturated carbocycles. The van der Waals surface area contributed by atoms with Crippen molar-refractivity contribution >= 4 is 5.97 Å². The molecule has 1 aliphatic carbocycles. The van der Waals surface area contributed by atoms with E-state index in [2.05, 4.69) is 5.32 Å². The van der Waals surface area contributed by atoms with Crippen LogP contribution in [0.4, 0.5) is 0 Å². The highest BCUT2D eigenvalue weighted by Crippen LogP contribution is 2.42. The van der Waals surface area contributed by atoms with E-state index in [1.807, 2.05) is 0 Å². The summed E-state index contributed by atoms with van der Waals surface area (Å²) >= 11 is 0. The molecule has 0 amide bonds. The van der Waals surface area contributed by atoms with Crippen LogP contribution in [-0.4, -0.2) is 23.2 Å². The third-order valence-corrected chi connectivity index (χ3v) is 2.94. The average molecular weight is 155 g/mol. The largest absolute Gasteiger partial charge is 0.480 e. The van der Waals surface area contributed by atoms with Crippen LogP contribution in [0.5, 0.6) is 0 Å². The lowest BCUT2D eigenvalue weighted by atomic mass is 9.68. The minimum Gasteiger partial charge on any atom is -0.480 e. The maximum absolute atomic E-state index is 10.8. The Morgan fingerprint density at radius 3 is 2.91 bits per heavy atom. The van der Waals surface area contributed by atoms with E-state index in [0.29, 0.717) is 5.92 Å². The molecule has 3 heteroatoms. The first-order chi connectivity index (χ1) is 5.23. The van der Waals surface area contributed by atoms with Crippen molar-refractivity contribution in [1.82, 2.24) is 5.32 Å². The number of aliphatic carboxylic acids is 1. The molecule has 3 rings (SSSR count). The molecule has 2 bridgehead atoms. The van der Waals surface area contributed by atoms with Crippen molar-refractivity contribution in [2.45, 2.75) is 31.2 Å². The maximum Gasteiger partial charge on any atom is 0.323 e.